The highest BCUT2D eigenvalue weighted by atomic mass is 16.7. The zero-order valence-corrected chi connectivity index (χ0v) is 15.3. The third kappa shape index (κ3) is 4.97. The first-order valence-electron chi connectivity index (χ1n) is 8.98. The van der Waals surface area contributed by atoms with E-state index in [1.165, 1.54) is 0 Å². The third-order valence-electron chi connectivity index (χ3n) is 4.73. The van der Waals surface area contributed by atoms with Gasteiger partial charge in [-0.25, -0.2) is 0 Å². The largest absolute Gasteiger partial charge is 0.463 e. The van der Waals surface area contributed by atoms with Crippen molar-refractivity contribution >= 4 is 5.97 Å². The quantitative estimate of drug-likeness (QED) is 0.200. The van der Waals surface area contributed by atoms with Crippen LogP contribution in [0.2, 0.25) is 0 Å². The molecule has 0 bridgehead atoms. The Kier molecular flexibility index (Phi) is 8.10. The topological polar surface area (TPSA) is 196 Å². The van der Waals surface area contributed by atoms with Gasteiger partial charge in [0.05, 0.1) is 13.2 Å². The van der Waals surface area contributed by atoms with E-state index in [-0.39, 0.29) is 6.42 Å². The second-order valence-corrected chi connectivity index (χ2v) is 6.87. The SMILES string of the molecule is CCCC(=O)OC[C@H]1O[C@H](O[C@@H]2COC(O)(CO)[C@@H](O)[C@@H]2O)[C@H](O)[C@@H](O)[C@@H]1O. The van der Waals surface area contributed by atoms with Crippen molar-refractivity contribution in [1.82, 2.24) is 0 Å². The molecule has 0 saturated carbocycles. The van der Waals surface area contributed by atoms with Gasteiger partial charge in [-0.1, -0.05) is 6.92 Å². The zero-order chi connectivity index (χ0) is 21.1. The van der Waals surface area contributed by atoms with E-state index < -0.39 is 80.6 Å². The van der Waals surface area contributed by atoms with Crippen LogP contribution in [0, 0.1) is 0 Å². The summed E-state index contributed by atoms with van der Waals surface area (Å²) in [6, 6.07) is 0. The molecule has 2 saturated heterocycles. The van der Waals surface area contributed by atoms with Crippen LogP contribution in [-0.2, 0) is 23.7 Å². The summed E-state index contributed by atoms with van der Waals surface area (Å²) in [5.74, 6) is -2.91. The molecule has 1 unspecified atom stereocenters. The van der Waals surface area contributed by atoms with Gasteiger partial charge in [-0.15, -0.1) is 0 Å². The van der Waals surface area contributed by atoms with Crippen LogP contribution < -0.4 is 0 Å². The number of rotatable bonds is 7. The number of aliphatic hydroxyl groups excluding tert-OH is 6. The van der Waals surface area contributed by atoms with Gasteiger partial charge in [-0.2, -0.15) is 0 Å². The van der Waals surface area contributed by atoms with Gasteiger partial charge in [0.1, 0.15) is 49.3 Å². The van der Waals surface area contributed by atoms with Crippen LogP contribution in [0.25, 0.3) is 0 Å². The molecule has 2 aliphatic heterocycles. The number of ether oxygens (including phenoxy) is 4. The van der Waals surface area contributed by atoms with E-state index in [0.717, 1.165) is 0 Å². The number of esters is 1. The Balaban J connectivity index is 2.00. The number of carbonyl (C=O) groups excluding carboxylic acids is 1. The molecule has 0 amide bonds. The third-order valence-corrected chi connectivity index (χ3v) is 4.73. The summed E-state index contributed by atoms with van der Waals surface area (Å²) in [6.07, 6.45) is -12.0. The number of hydrogen-bond acceptors (Lipinski definition) is 12. The van der Waals surface area contributed by atoms with E-state index in [1.54, 1.807) is 6.92 Å². The predicted octanol–water partition coefficient (Wildman–Crippen LogP) is -4.04. The standard InChI is InChI=1S/C16H28O12/c1-2-3-9(18)25-4-7-10(19)12(21)13(22)15(27-7)28-8-5-26-16(24,6-17)14(23)11(8)20/h7-8,10-15,17,19-24H,2-6H2,1H3/t7-,8-,10-,11-,12+,13-,14+,15-,16?/m1/s1. The van der Waals surface area contributed by atoms with Gasteiger partial charge in [0.2, 0.25) is 5.79 Å². The molecule has 0 aliphatic carbocycles. The molecule has 12 nitrogen and oxygen atoms in total. The Morgan fingerprint density at radius 2 is 1.79 bits per heavy atom. The second kappa shape index (κ2) is 9.71. The Morgan fingerprint density at radius 1 is 1.11 bits per heavy atom. The molecule has 0 radical (unpaired) electrons. The average Bonchev–Trinajstić information content (AvgIpc) is 2.68. The first-order chi connectivity index (χ1) is 13.1. The maximum absolute atomic E-state index is 11.5. The highest BCUT2D eigenvalue weighted by Gasteiger charge is 2.52. The molecule has 7 N–H and O–H groups in total. The lowest BCUT2D eigenvalue weighted by Gasteiger charge is -2.45. The van der Waals surface area contributed by atoms with Gasteiger partial charge in [0.25, 0.3) is 0 Å². The Labute approximate surface area is 160 Å². The number of aliphatic hydroxyl groups is 7. The van der Waals surface area contributed by atoms with Crippen LogP contribution in [0.5, 0.6) is 0 Å². The first kappa shape index (κ1) is 23.3. The molecule has 0 aromatic rings. The Hall–Kier alpha value is -0.930. The van der Waals surface area contributed by atoms with Gasteiger partial charge >= 0.3 is 5.97 Å². The second-order valence-electron chi connectivity index (χ2n) is 6.87. The molecule has 9 atom stereocenters. The smallest absolute Gasteiger partial charge is 0.305 e. The van der Waals surface area contributed by atoms with Crippen molar-refractivity contribution in [3.63, 3.8) is 0 Å². The van der Waals surface area contributed by atoms with Crippen LogP contribution >= 0.6 is 0 Å². The molecule has 164 valence electrons. The first-order valence-corrected chi connectivity index (χ1v) is 8.98. The average molecular weight is 412 g/mol. The Bertz CT molecular complexity index is 518. The predicted molar refractivity (Wildman–Crippen MR) is 87.4 cm³/mol. The minimum Gasteiger partial charge on any atom is -0.463 e. The summed E-state index contributed by atoms with van der Waals surface area (Å²) in [6.45, 7) is -0.0748. The normalized spacial score (nSPS) is 44.3. The van der Waals surface area contributed by atoms with Crippen molar-refractivity contribution in [3.05, 3.63) is 0 Å². The van der Waals surface area contributed by atoms with E-state index >= 15 is 0 Å². The fourth-order valence-corrected chi connectivity index (χ4v) is 2.93. The van der Waals surface area contributed by atoms with E-state index in [2.05, 4.69) is 0 Å². The molecule has 12 heteroatoms. The minimum atomic E-state index is -2.38. The lowest BCUT2D eigenvalue weighted by atomic mass is 9.96. The zero-order valence-electron chi connectivity index (χ0n) is 15.3. The molecule has 2 heterocycles. The molecule has 28 heavy (non-hydrogen) atoms. The van der Waals surface area contributed by atoms with E-state index in [1.807, 2.05) is 0 Å². The molecule has 0 spiro atoms. The van der Waals surface area contributed by atoms with Crippen LogP contribution in [0.4, 0.5) is 0 Å². The van der Waals surface area contributed by atoms with Crippen LogP contribution in [0.15, 0.2) is 0 Å². The molecule has 0 aromatic carbocycles. The summed E-state index contributed by atoms with van der Waals surface area (Å²) < 4.78 is 20.6. The van der Waals surface area contributed by atoms with Crippen molar-refractivity contribution in [1.29, 1.82) is 0 Å². The monoisotopic (exact) mass is 412 g/mol. The molecular weight excluding hydrogens is 384 g/mol. The van der Waals surface area contributed by atoms with Crippen LogP contribution in [0.3, 0.4) is 0 Å². The molecule has 2 rings (SSSR count). The van der Waals surface area contributed by atoms with Crippen molar-refractivity contribution < 1.29 is 59.5 Å². The van der Waals surface area contributed by atoms with Crippen LogP contribution in [0.1, 0.15) is 19.8 Å². The molecule has 2 fully saturated rings. The fourth-order valence-electron chi connectivity index (χ4n) is 2.93. The van der Waals surface area contributed by atoms with Gasteiger partial charge in [0, 0.05) is 6.42 Å². The van der Waals surface area contributed by atoms with Gasteiger partial charge in [-0.3, -0.25) is 4.79 Å². The molecule has 2 aliphatic rings. The summed E-state index contributed by atoms with van der Waals surface area (Å²) in [7, 11) is 0. The maximum Gasteiger partial charge on any atom is 0.305 e. The lowest BCUT2D eigenvalue weighted by Crippen LogP contribution is -2.65. The van der Waals surface area contributed by atoms with Crippen molar-refractivity contribution in [2.24, 2.45) is 0 Å². The van der Waals surface area contributed by atoms with Gasteiger partial charge in [0.15, 0.2) is 6.29 Å². The number of carbonyl (C=O) groups is 1. The van der Waals surface area contributed by atoms with Crippen molar-refractivity contribution in [2.45, 2.75) is 74.6 Å². The highest BCUT2D eigenvalue weighted by Crippen LogP contribution is 2.29. The molecular formula is C16H28O12. The summed E-state index contributed by atoms with van der Waals surface area (Å²) in [5.41, 5.74) is 0. The highest BCUT2D eigenvalue weighted by molar-refractivity contribution is 5.69. The van der Waals surface area contributed by atoms with Crippen molar-refractivity contribution in [2.75, 3.05) is 19.8 Å². The minimum absolute atomic E-state index is 0.158. The molecule has 0 aromatic heterocycles. The summed E-state index contributed by atoms with van der Waals surface area (Å²) in [5, 5.41) is 69.0. The van der Waals surface area contributed by atoms with E-state index in [4.69, 9.17) is 24.1 Å². The van der Waals surface area contributed by atoms with Gasteiger partial charge < -0.3 is 54.7 Å². The van der Waals surface area contributed by atoms with Crippen molar-refractivity contribution in [3.8, 4) is 0 Å². The summed E-state index contributed by atoms with van der Waals surface area (Å²) in [4.78, 5) is 11.5. The summed E-state index contributed by atoms with van der Waals surface area (Å²) >= 11 is 0. The fraction of sp³-hybridized carbons (Fsp3) is 0.938. The van der Waals surface area contributed by atoms with E-state index in [9.17, 15) is 35.4 Å². The number of hydrogen-bond donors (Lipinski definition) is 7. The lowest BCUT2D eigenvalue weighted by molar-refractivity contribution is -0.367. The van der Waals surface area contributed by atoms with Gasteiger partial charge in [-0.05, 0) is 6.42 Å². The maximum atomic E-state index is 11.5. The Morgan fingerprint density at radius 3 is 2.39 bits per heavy atom. The van der Waals surface area contributed by atoms with Crippen LogP contribution in [-0.4, -0.2) is 116 Å². The van der Waals surface area contributed by atoms with E-state index in [0.29, 0.717) is 6.42 Å².